The van der Waals surface area contributed by atoms with E-state index in [0.29, 0.717) is 12.3 Å². The van der Waals surface area contributed by atoms with Crippen LogP contribution in [0.5, 0.6) is 0 Å². The molecule has 2 rings (SSSR count). The zero-order valence-electron chi connectivity index (χ0n) is 8.01. The zero-order valence-corrected chi connectivity index (χ0v) is 8.01. The number of hydrogen-bond acceptors (Lipinski definition) is 2. The summed E-state index contributed by atoms with van der Waals surface area (Å²) in [6, 6.07) is 3.54. The van der Waals surface area contributed by atoms with E-state index in [1.54, 1.807) is 22.9 Å². The molecule has 2 heterocycles. The van der Waals surface area contributed by atoms with Gasteiger partial charge in [0.2, 0.25) is 0 Å². The Bertz CT molecular complexity index is 345. The van der Waals surface area contributed by atoms with Gasteiger partial charge in [-0.05, 0) is 25.5 Å². The molecule has 2 unspecified atom stereocenters. The molecule has 2 atom stereocenters. The molecule has 0 aromatic carbocycles. The van der Waals surface area contributed by atoms with E-state index in [4.69, 9.17) is 9.84 Å². The maximum atomic E-state index is 10.9. The monoisotopic (exact) mass is 195 g/mol. The number of rotatable bonds is 2. The third-order valence-corrected chi connectivity index (χ3v) is 2.69. The van der Waals surface area contributed by atoms with Gasteiger partial charge in [-0.2, -0.15) is 0 Å². The van der Waals surface area contributed by atoms with Gasteiger partial charge in [-0.1, -0.05) is 0 Å². The summed E-state index contributed by atoms with van der Waals surface area (Å²) in [5.74, 6) is -0.880. The topological polar surface area (TPSA) is 51.5 Å². The van der Waals surface area contributed by atoms with Crippen LogP contribution in [0.3, 0.4) is 0 Å². The van der Waals surface area contributed by atoms with Crippen LogP contribution in [0.1, 0.15) is 29.9 Å². The Kier molecular flexibility index (Phi) is 2.29. The minimum atomic E-state index is -0.880. The molecular weight excluding hydrogens is 182 g/mol. The van der Waals surface area contributed by atoms with Gasteiger partial charge >= 0.3 is 5.97 Å². The molecule has 1 aliphatic rings. The van der Waals surface area contributed by atoms with Crippen LogP contribution in [0, 0.1) is 0 Å². The van der Waals surface area contributed by atoms with E-state index in [1.165, 1.54) is 0 Å². The Morgan fingerprint density at radius 1 is 1.71 bits per heavy atom. The molecule has 1 aromatic heterocycles. The van der Waals surface area contributed by atoms with Gasteiger partial charge in [-0.3, -0.25) is 0 Å². The number of ether oxygens (including phenoxy) is 1. The number of carbonyl (C=O) groups is 1. The van der Waals surface area contributed by atoms with Crippen molar-refractivity contribution in [3.63, 3.8) is 0 Å². The van der Waals surface area contributed by atoms with Crippen LogP contribution < -0.4 is 0 Å². The second-order valence-corrected chi connectivity index (χ2v) is 3.54. The van der Waals surface area contributed by atoms with E-state index < -0.39 is 5.97 Å². The lowest BCUT2D eigenvalue weighted by Gasteiger charge is -2.17. The predicted octanol–water partition coefficient (Wildman–Crippen LogP) is 1.54. The maximum absolute atomic E-state index is 10.9. The minimum absolute atomic E-state index is 0.0977. The summed E-state index contributed by atoms with van der Waals surface area (Å²) >= 11 is 0. The highest BCUT2D eigenvalue weighted by Gasteiger charge is 2.27. The van der Waals surface area contributed by atoms with E-state index in [-0.39, 0.29) is 12.1 Å². The highest BCUT2D eigenvalue weighted by Crippen LogP contribution is 2.27. The van der Waals surface area contributed by atoms with Crippen molar-refractivity contribution < 1.29 is 14.6 Å². The molecule has 1 saturated heterocycles. The second-order valence-electron chi connectivity index (χ2n) is 3.54. The van der Waals surface area contributed by atoms with Gasteiger partial charge in [-0.15, -0.1) is 0 Å². The van der Waals surface area contributed by atoms with Gasteiger partial charge in [0.15, 0.2) is 0 Å². The van der Waals surface area contributed by atoms with Gasteiger partial charge in [0.1, 0.15) is 5.69 Å². The van der Waals surface area contributed by atoms with Crippen LogP contribution in [0.15, 0.2) is 18.3 Å². The summed E-state index contributed by atoms with van der Waals surface area (Å²) in [6.07, 6.45) is 2.79. The third kappa shape index (κ3) is 1.42. The van der Waals surface area contributed by atoms with Gasteiger partial charge in [0.05, 0.1) is 12.1 Å². The molecular formula is C10H13NO3. The number of carboxylic acids is 1. The molecule has 1 aliphatic heterocycles. The summed E-state index contributed by atoms with van der Waals surface area (Å²) in [4.78, 5) is 10.9. The molecule has 0 bridgehead atoms. The summed E-state index contributed by atoms with van der Waals surface area (Å²) in [7, 11) is 0. The molecule has 0 aliphatic carbocycles. The molecule has 14 heavy (non-hydrogen) atoms. The number of aromatic carboxylic acids is 1. The second kappa shape index (κ2) is 3.46. The number of hydrogen-bond donors (Lipinski definition) is 1. The van der Waals surface area contributed by atoms with E-state index in [0.717, 1.165) is 6.42 Å². The lowest BCUT2D eigenvalue weighted by Crippen LogP contribution is -2.19. The Labute approximate surface area is 82.1 Å². The van der Waals surface area contributed by atoms with E-state index >= 15 is 0 Å². The minimum Gasteiger partial charge on any atom is -0.477 e. The largest absolute Gasteiger partial charge is 0.477 e. The summed E-state index contributed by atoms with van der Waals surface area (Å²) in [6.45, 7) is 2.69. The molecule has 0 radical (unpaired) electrons. The lowest BCUT2D eigenvalue weighted by molar-refractivity contribution is 0.0675. The van der Waals surface area contributed by atoms with Crippen molar-refractivity contribution in [1.82, 2.24) is 4.57 Å². The Morgan fingerprint density at radius 3 is 3.07 bits per heavy atom. The average Bonchev–Trinajstić information content (AvgIpc) is 2.70. The van der Waals surface area contributed by atoms with Crippen molar-refractivity contribution >= 4 is 5.97 Å². The molecule has 1 aromatic rings. The van der Waals surface area contributed by atoms with Crippen molar-refractivity contribution in [3.8, 4) is 0 Å². The normalized spacial score (nSPS) is 26.6. The molecule has 0 saturated carbocycles. The van der Waals surface area contributed by atoms with Crippen molar-refractivity contribution in [3.05, 3.63) is 24.0 Å². The lowest BCUT2D eigenvalue weighted by atomic mass is 10.1. The Balaban J connectivity index is 2.31. The zero-order chi connectivity index (χ0) is 10.1. The Morgan fingerprint density at radius 2 is 2.50 bits per heavy atom. The van der Waals surface area contributed by atoms with Crippen molar-refractivity contribution in [2.45, 2.75) is 25.5 Å². The molecule has 0 spiro atoms. The van der Waals surface area contributed by atoms with E-state index in [2.05, 4.69) is 0 Å². The van der Waals surface area contributed by atoms with Crippen molar-refractivity contribution in [1.29, 1.82) is 0 Å². The van der Waals surface area contributed by atoms with Crippen molar-refractivity contribution in [2.75, 3.05) is 6.61 Å². The van der Waals surface area contributed by atoms with Crippen LogP contribution in [-0.2, 0) is 4.74 Å². The number of aromatic nitrogens is 1. The van der Waals surface area contributed by atoms with Crippen LogP contribution >= 0.6 is 0 Å². The van der Waals surface area contributed by atoms with Crippen LogP contribution in [-0.4, -0.2) is 28.4 Å². The number of carboxylic acid groups (broad SMARTS) is 1. The maximum Gasteiger partial charge on any atom is 0.352 e. The summed E-state index contributed by atoms with van der Waals surface area (Å²) < 4.78 is 7.20. The first-order chi connectivity index (χ1) is 6.70. The van der Waals surface area contributed by atoms with Crippen LogP contribution in [0.2, 0.25) is 0 Å². The standard InChI is InChI=1S/C10H13NO3/c1-7-8(4-6-14-7)11-5-2-3-9(11)10(12)13/h2-3,5,7-8H,4,6H2,1H3,(H,12,13). The SMILES string of the molecule is CC1OCCC1n1cccc1C(=O)O. The first kappa shape index (κ1) is 9.27. The van der Waals surface area contributed by atoms with Crippen LogP contribution in [0.25, 0.3) is 0 Å². The molecule has 76 valence electrons. The predicted molar refractivity (Wildman–Crippen MR) is 50.5 cm³/mol. The van der Waals surface area contributed by atoms with Gasteiger partial charge in [0, 0.05) is 12.8 Å². The van der Waals surface area contributed by atoms with Crippen molar-refractivity contribution in [2.24, 2.45) is 0 Å². The highest BCUT2D eigenvalue weighted by atomic mass is 16.5. The first-order valence-electron chi connectivity index (χ1n) is 4.72. The molecule has 1 N–H and O–H groups in total. The van der Waals surface area contributed by atoms with Gasteiger partial charge in [0.25, 0.3) is 0 Å². The summed E-state index contributed by atoms with van der Waals surface area (Å²) in [5.41, 5.74) is 0.340. The van der Waals surface area contributed by atoms with Gasteiger partial charge < -0.3 is 14.4 Å². The van der Waals surface area contributed by atoms with E-state index in [1.807, 2.05) is 6.92 Å². The summed E-state index contributed by atoms with van der Waals surface area (Å²) in [5, 5.41) is 8.94. The Hall–Kier alpha value is -1.29. The quantitative estimate of drug-likeness (QED) is 0.778. The smallest absolute Gasteiger partial charge is 0.352 e. The fourth-order valence-electron chi connectivity index (χ4n) is 1.95. The fourth-order valence-corrected chi connectivity index (χ4v) is 1.95. The third-order valence-electron chi connectivity index (χ3n) is 2.69. The molecule has 4 heteroatoms. The van der Waals surface area contributed by atoms with Gasteiger partial charge in [-0.25, -0.2) is 4.79 Å². The average molecular weight is 195 g/mol. The van der Waals surface area contributed by atoms with Crippen LogP contribution in [0.4, 0.5) is 0 Å². The molecule has 4 nitrogen and oxygen atoms in total. The first-order valence-corrected chi connectivity index (χ1v) is 4.72. The molecule has 0 amide bonds. The fraction of sp³-hybridized carbons (Fsp3) is 0.500. The molecule has 1 fully saturated rings. The number of nitrogens with zero attached hydrogens (tertiary/aromatic N) is 1. The van der Waals surface area contributed by atoms with E-state index in [9.17, 15) is 4.79 Å². The highest BCUT2D eigenvalue weighted by molar-refractivity contribution is 5.85.